The quantitative estimate of drug-likeness (QED) is 0.545. The van der Waals surface area contributed by atoms with Gasteiger partial charge in [0.1, 0.15) is 5.75 Å². The van der Waals surface area contributed by atoms with Crippen molar-refractivity contribution < 1.29 is 15.3 Å². The Morgan fingerprint density at radius 3 is 1.42 bits per heavy atom. The molecule has 0 amide bonds. The Labute approximate surface area is 72.9 Å². The highest BCUT2D eigenvalue weighted by Crippen LogP contribution is 2.07. The zero-order chi connectivity index (χ0) is 9.98. The lowest BCUT2D eigenvalue weighted by Gasteiger charge is -1.89. The van der Waals surface area contributed by atoms with Crippen LogP contribution in [0.4, 0.5) is 0 Å². The zero-order valence-corrected chi connectivity index (χ0v) is 7.65. The molecule has 70 valence electrons. The Bertz CT molecular complexity index is 149. The predicted molar refractivity (Wildman–Crippen MR) is 49.1 cm³/mol. The summed E-state index contributed by atoms with van der Waals surface area (Å²) in [7, 11) is 2.00. The van der Waals surface area contributed by atoms with Gasteiger partial charge in [-0.15, -0.1) is 0 Å². The van der Waals surface area contributed by atoms with Crippen LogP contribution in [-0.4, -0.2) is 29.5 Å². The number of hydrogen-bond acceptors (Lipinski definition) is 3. The van der Waals surface area contributed by atoms with Crippen molar-refractivity contribution in [1.29, 1.82) is 0 Å². The molecule has 3 heteroatoms. The number of aliphatic hydroxyl groups is 2. The summed E-state index contributed by atoms with van der Waals surface area (Å²) in [6, 6.07) is 7.09. The average molecular weight is 172 g/mol. The summed E-state index contributed by atoms with van der Waals surface area (Å²) >= 11 is 0. The number of aliphatic hydroxyl groups excluding tert-OH is 2. The fraction of sp³-hybridized carbons (Fsp3) is 0.333. The minimum Gasteiger partial charge on any atom is -0.508 e. The molecule has 1 aromatic rings. The first-order valence-electron chi connectivity index (χ1n) is 3.44. The van der Waals surface area contributed by atoms with E-state index in [0.717, 1.165) is 14.2 Å². The third-order valence-electron chi connectivity index (χ3n) is 1.03. The van der Waals surface area contributed by atoms with E-state index in [4.69, 9.17) is 15.3 Å². The van der Waals surface area contributed by atoms with Crippen molar-refractivity contribution in [1.82, 2.24) is 0 Å². The van der Waals surface area contributed by atoms with Gasteiger partial charge >= 0.3 is 0 Å². The van der Waals surface area contributed by atoms with Gasteiger partial charge in [0.05, 0.1) is 0 Å². The molecule has 12 heavy (non-hydrogen) atoms. The van der Waals surface area contributed by atoms with Crippen molar-refractivity contribution in [3.05, 3.63) is 29.8 Å². The van der Waals surface area contributed by atoms with E-state index in [2.05, 4.69) is 0 Å². The normalized spacial score (nSPS) is 7.08. The molecule has 0 aliphatic heterocycles. The van der Waals surface area contributed by atoms with Crippen molar-refractivity contribution in [3.8, 4) is 5.75 Å². The number of rotatable bonds is 0. The molecule has 3 nitrogen and oxygen atoms in total. The molecule has 0 saturated heterocycles. The highest BCUT2D eigenvalue weighted by molar-refractivity contribution is 5.24. The van der Waals surface area contributed by atoms with Crippen molar-refractivity contribution in [3.63, 3.8) is 0 Å². The molecule has 1 rings (SSSR count). The lowest BCUT2D eigenvalue weighted by atomic mass is 10.2. The fourth-order valence-electron chi connectivity index (χ4n) is 0.545. The topological polar surface area (TPSA) is 60.7 Å². The van der Waals surface area contributed by atoms with E-state index in [0.29, 0.717) is 5.75 Å². The molecule has 0 bridgehead atoms. The Hall–Kier alpha value is -1.06. The van der Waals surface area contributed by atoms with Crippen molar-refractivity contribution in [2.75, 3.05) is 14.2 Å². The summed E-state index contributed by atoms with van der Waals surface area (Å²) < 4.78 is 0. The second-order valence-electron chi connectivity index (χ2n) is 1.84. The zero-order valence-electron chi connectivity index (χ0n) is 7.65. The van der Waals surface area contributed by atoms with Crippen LogP contribution >= 0.6 is 0 Å². The van der Waals surface area contributed by atoms with Gasteiger partial charge in [-0.25, -0.2) is 0 Å². The number of phenolic OH excluding ortho intramolecular Hbond substituents is 1. The molecular formula is C9H16O3. The van der Waals surface area contributed by atoms with Crippen LogP contribution in [0.2, 0.25) is 0 Å². The SMILES string of the molecule is CO.CO.Cc1ccc(O)cc1. The molecule has 0 heterocycles. The minimum atomic E-state index is 0.329. The maximum Gasteiger partial charge on any atom is 0.115 e. The first-order chi connectivity index (χ1) is 5.79. The van der Waals surface area contributed by atoms with Crippen LogP contribution in [0.15, 0.2) is 24.3 Å². The number of hydrogen-bond donors (Lipinski definition) is 3. The van der Waals surface area contributed by atoms with Gasteiger partial charge in [0.2, 0.25) is 0 Å². The van der Waals surface area contributed by atoms with E-state index in [1.165, 1.54) is 5.56 Å². The number of benzene rings is 1. The highest BCUT2D eigenvalue weighted by Gasteiger charge is 1.82. The molecule has 0 aromatic heterocycles. The van der Waals surface area contributed by atoms with Gasteiger partial charge in [-0.05, 0) is 19.1 Å². The molecule has 0 fully saturated rings. The Balaban J connectivity index is 0. The molecule has 0 aliphatic carbocycles. The number of phenols is 1. The van der Waals surface area contributed by atoms with E-state index >= 15 is 0 Å². The van der Waals surface area contributed by atoms with Gasteiger partial charge in [-0.1, -0.05) is 17.7 Å². The second-order valence-corrected chi connectivity index (χ2v) is 1.84. The summed E-state index contributed by atoms with van der Waals surface area (Å²) in [4.78, 5) is 0. The van der Waals surface area contributed by atoms with Gasteiger partial charge in [0.25, 0.3) is 0 Å². The Morgan fingerprint density at radius 1 is 0.833 bits per heavy atom. The molecule has 0 unspecified atom stereocenters. The van der Waals surface area contributed by atoms with Gasteiger partial charge in [0.15, 0.2) is 0 Å². The van der Waals surface area contributed by atoms with Gasteiger partial charge in [0, 0.05) is 14.2 Å². The second kappa shape index (κ2) is 9.94. The summed E-state index contributed by atoms with van der Waals surface area (Å²) in [5, 5.41) is 22.8. The lowest BCUT2D eigenvalue weighted by Crippen LogP contribution is -1.66. The van der Waals surface area contributed by atoms with Crippen molar-refractivity contribution >= 4 is 0 Å². The first-order valence-corrected chi connectivity index (χ1v) is 3.44. The first kappa shape index (κ1) is 13.5. The maximum atomic E-state index is 8.76. The van der Waals surface area contributed by atoms with Crippen LogP contribution in [-0.2, 0) is 0 Å². The molecular weight excluding hydrogens is 156 g/mol. The molecule has 0 aliphatic rings. The summed E-state index contributed by atoms with van der Waals surface area (Å²) in [6.07, 6.45) is 0. The fourth-order valence-corrected chi connectivity index (χ4v) is 0.545. The van der Waals surface area contributed by atoms with Crippen LogP contribution in [0.1, 0.15) is 5.56 Å². The monoisotopic (exact) mass is 172 g/mol. The van der Waals surface area contributed by atoms with Gasteiger partial charge < -0.3 is 15.3 Å². The third kappa shape index (κ3) is 7.05. The molecule has 0 spiro atoms. The van der Waals surface area contributed by atoms with Crippen LogP contribution in [0, 0.1) is 6.92 Å². The Morgan fingerprint density at radius 2 is 1.17 bits per heavy atom. The van der Waals surface area contributed by atoms with E-state index in [1.807, 2.05) is 19.1 Å². The molecule has 1 aromatic carbocycles. The molecule has 0 saturated carbocycles. The number of aromatic hydroxyl groups is 1. The van der Waals surface area contributed by atoms with E-state index in [-0.39, 0.29) is 0 Å². The van der Waals surface area contributed by atoms with Crippen LogP contribution in [0.5, 0.6) is 5.75 Å². The largest absolute Gasteiger partial charge is 0.508 e. The summed E-state index contributed by atoms with van der Waals surface area (Å²) in [6.45, 7) is 1.99. The number of aryl methyl sites for hydroxylation is 1. The van der Waals surface area contributed by atoms with Gasteiger partial charge in [-0.3, -0.25) is 0 Å². The third-order valence-corrected chi connectivity index (χ3v) is 1.03. The predicted octanol–water partition coefficient (Wildman–Crippen LogP) is 0.918. The molecule has 0 atom stereocenters. The molecule has 0 radical (unpaired) electrons. The van der Waals surface area contributed by atoms with Crippen LogP contribution < -0.4 is 0 Å². The van der Waals surface area contributed by atoms with Crippen LogP contribution in [0.25, 0.3) is 0 Å². The van der Waals surface area contributed by atoms with Crippen LogP contribution in [0.3, 0.4) is 0 Å². The lowest BCUT2D eigenvalue weighted by molar-refractivity contribution is 0.399. The summed E-state index contributed by atoms with van der Waals surface area (Å²) in [5.41, 5.74) is 1.17. The van der Waals surface area contributed by atoms with Crippen molar-refractivity contribution in [2.45, 2.75) is 6.92 Å². The van der Waals surface area contributed by atoms with Crippen molar-refractivity contribution in [2.24, 2.45) is 0 Å². The molecule has 3 N–H and O–H groups in total. The average Bonchev–Trinajstić information content (AvgIpc) is 2.17. The van der Waals surface area contributed by atoms with E-state index in [1.54, 1.807) is 12.1 Å². The summed E-state index contributed by atoms with van der Waals surface area (Å²) in [5.74, 6) is 0.329. The maximum absolute atomic E-state index is 8.76. The Kier molecular flexibility index (Phi) is 11.2. The van der Waals surface area contributed by atoms with Gasteiger partial charge in [-0.2, -0.15) is 0 Å². The minimum absolute atomic E-state index is 0.329. The highest BCUT2D eigenvalue weighted by atomic mass is 16.3. The van der Waals surface area contributed by atoms with E-state index < -0.39 is 0 Å². The smallest absolute Gasteiger partial charge is 0.115 e. The van der Waals surface area contributed by atoms with E-state index in [9.17, 15) is 0 Å². The standard InChI is InChI=1S/C7H8O.2CH4O/c1-6-2-4-7(8)5-3-6;2*1-2/h2-5,8H,1H3;2*2H,1H3.